The molecule has 0 saturated heterocycles. The Morgan fingerprint density at radius 2 is 1.71 bits per heavy atom. The number of hydrogen-bond donors (Lipinski definition) is 1. The van der Waals surface area contributed by atoms with E-state index in [1.165, 1.54) is 11.3 Å². The summed E-state index contributed by atoms with van der Waals surface area (Å²) in [5, 5.41) is 5.12. The topological polar surface area (TPSA) is 59.1 Å². The summed E-state index contributed by atoms with van der Waals surface area (Å²) in [5.74, 6) is -0.533. The molecule has 1 heterocycles. The van der Waals surface area contributed by atoms with Gasteiger partial charge in [0.25, 0.3) is 5.91 Å². The normalized spacial score (nSPS) is 10.4. The molecule has 24 heavy (non-hydrogen) atoms. The van der Waals surface area contributed by atoms with E-state index >= 15 is 0 Å². The molecule has 0 aliphatic heterocycles. The summed E-state index contributed by atoms with van der Waals surface area (Å²) >= 11 is 4.70. The zero-order chi connectivity index (χ0) is 17.1. The third-order valence-electron chi connectivity index (χ3n) is 3.36. The van der Waals surface area contributed by atoms with Gasteiger partial charge in [-0.2, -0.15) is 0 Å². The maximum absolute atomic E-state index is 12.7. The molecule has 0 atom stereocenters. The molecule has 0 spiro atoms. The summed E-state index contributed by atoms with van der Waals surface area (Å²) in [6.07, 6.45) is 0. The highest BCUT2D eigenvalue weighted by Gasteiger charge is 2.18. The maximum atomic E-state index is 12.7. The van der Waals surface area contributed by atoms with Crippen LogP contribution in [0.25, 0.3) is 0 Å². The molecule has 0 radical (unpaired) electrons. The van der Waals surface area contributed by atoms with E-state index < -0.39 is 0 Å². The third-order valence-corrected chi connectivity index (χ3v) is 4.77. The number of rotatable bonds is 4. The summed E-state index contributed by atoms with van der Waals surface area (Å²) in [4.78, 5) is 29.5. The van der Waals surface area contributed by atoms with Gasteiger partial charge in [0.05, 0.1) is 11.3 Å². The standard InChI is InChI=1S/C18H13BrN2O2S/c1-11-10-24-18(20-11)21-17(23)15-5-3-2-4-14(15)16(22)12-6-8-13(19)9-7-12/h2-10H,1H3,(H,20,21,23). The molecule has 4 nitrogen and oxygen atoms in total. The van der Waals surface area contributed by atoms with Gasteiger partial charge in [-0.3, -0.25) is 14.9 Å². The fourth-order valence-electron chi connectivity index (χ4n) is 2.21. The highest BCUT2D eigenvalue weighted by Crippen LogP contribution is 2.20. The number of anilines is 1. The van der Waals surface area contributed by atoms with Crippen molar-refractivity contribution in [2.75, 3.05) is 5.32 Å². The van der Waals surface area contributed by atoms with Gasteiger partial charge in [0.1, 0.15) is 0 Å². The molecular weight excluding hydrogens is 388 g/mol. The van der Waals surface area contributed by atoms with Crippen LogP contribution in [0.3, 0.4) is 0 Å². The van der Waals surface area contributed by atoms with Gasteiger partial charge in [0.2, 0.25) is 0 Å². The van der Waals surface area contributed by atoms with Crippen LogP contribution in [-0.2, 0) is 0 Å². The SMILES string of the molecule is Cc1csc(NC(=O)c2ccccc2C(=O)c2ccc(Br)cc2)n1. The number of nitrogens with one attached hydrogen (secondary N) is 1. The quantitative estimate of drug-likeness (QED) is 0.645. The van der Waals surface area contributed by atoms with Gasteiger partial charge in [-0.1, -0.05) is 34.1 Å². The third kappa shape index (κ3) is 3.60. The summed E-state index contributed by atoms with van der Waals surface area (Å²) in [6, 6.07) is 13.8. The molecule has 3 aromatic rings. The second-order valence-electron chi connectivity index (χ2n) is 5.13. The van der Waals surface area contributed by atoms with Crippen LogP contribution >= 0.6 is 27.3 Å². The number of amides is 1. The van der Waals surface area contributed by atoms with E-state index in [-0.39, 0.29) is 11.7 Å². The molecule has 1 N–H and O–H groups in total. The average Bonchev–Trinajstić information content (AvgIpc) is 3.00. The number of ketones is 1. The van der Waals surface area contributed by atoms with Crippen LogP contribution < -0.4 is 5.32 Å². The lowest BCUT2D eigenvalue weighted by Crippen LogP contribution is -2.16. The number of aromatic nitrogens is 1. The zero-order valence-electron chi connectivity index (χ0n) is 12.7. The fraction of sp³-hybridized carbons (Fsp3) is 0.0556. The lowest BCUT2D eigenvalue weighted by Gasteiger charge is -2.08. The van der Waals surface area contributed by atoms with Crippen molar-refractivity contribution >= 4 is 44.1 Å². The van der Waals surface area contributed by atoms with Gasteiger partial charge in [-0.15, -0.1) is 11.3 Å². The number of carbonyl (C=O) groups excluding carboxylic acids is 2. The Kier molecular flexibility index (Phi) is 4.87. The Labute approximate surface area is 151 Å². The monoisotopic (exact) mass is 400 g/mol. The number of halogens is 1. The Morgan fingerprint density at radius 1 is 1.04 bits per heavy atom. The molecule has 1 amide bonds. The summed E-state index contributed by atoms with van der Waals surface area (Å²) in [5.41, 5.74) is 2.07. The van der Waals surface area contributed by atoms with Gasteiger partial charge in [-0.25, -0.2) is 4.98 Å². The molecule has 0 saturated carbocycles. The van der Waals surface area contributed by atoms with Gasteiger partial charge in [0.15, 0.2) is 10.9 Å². The van der Waals surface area contributed by atoms with E-state index in [1.54, 1.807) is 48.5 Å². The zero-order valence-corrected chi connectivity index (χ0v) is 15.1. The molecule has 1 aromatic heterocycles. The van der Waals surface area contributed by atoms with Gasteiger partial charge >= 0.3 is 0 Å². The first-order chi connectivity index (χ1) is 11.5. The van der Waals surface area contributed by atoms with Crippen LogP contribution in [0.1, 0.15) is 32.0 Å². The maximum Gasteiger partial charge on any atom is 0.258 e. The van der Waals surface area contributed by atoms with Crippen LogP contribution in [0.15, 0.2) is 58.4 Å². The van der Waals surface area contributed by atoms with Crippen LogP contribution in [0.2, 0.25) is 0 Å². The number of aryl methyl sites for hydroxylation is 1. The second kappa shape index (κ2) is 7.07. The number of hydrogen-bond acceptors (Lipinski definition) is 4. The Hall–Kier alpha value is -2.31. The highest BCUT2D eigenvalue weighted by molar-refractivity contribution is 9.10. The summed E-state index contributed by atoms with van der Waals surface area (Å²) in [6.45, 7) is 1.86. The molecular formula is C18H13BrN2O2S. The first kappa shape index (κ1) is 16.5. The van der Waals surface area contributed by atoms with Crippen molar-refractivity contribution in [2.24, 2.45) is 0 Å². The van der Waals surface area contributed by atoms with Gasteiger partial charge in [0, 0.05) is 21.0 Å². The van der Waals surface area contributed by atoms with Crippen molar-refractivity contribution in [1.29, 1.82) is 0 Å². The van der Waals surface area contributed by atoms with Crippen molar-refractivity contribution in [3.8, 4) is 0 Å². The van der Waals surface area contributed by atoms with E-state index in [1.807, 2.05) is 12.3 Å². The smallest absolute Gasteiger partial charge is 0.258 e. The highest BCUT2D eigenvalue weighted by atomic mass is 79.9. The predicted octanol–water partition coefficient (Wildman–Crippen LogP) is 4.70. The fourth-order valence-corrected chi connectivity index (χ4v) is 3.16. The van der Waals surface area contributed by atoms with Crippen LogP contribution in [0.5, 0.6) is 0 Å². The first-order valence-corrected chi connectivity index (χ1v) is 8.84. The van der Waals surface area contributed by atoms with Crippen LogP contribution in [-0.4, -0.2) is 16.7 Å². The van der Waals surface area contributed by atoms with E-state index in [2.05, 4.69) is 26.2 Å². The minimum Gasteiger partial charge on any atom is -0.298 e. The molecule has 0 unspecified atom stereocenters. The van der Waals surface area contributed by atoms with E-state index in [9.17, 15) is 9.59 Å². The van der Waals surface area contributed by atoms with Crippen molar-refractivity contribution in [1.82, 2.24) is 4.98 Å². The second-order valence-corrected chi connectivity index (χ2v) is 6.90. The molecule has 2 aromatic carbocycles. The van der Waals surface area contributed by atoms with Crippen LogP contribution in [0.4, 0.5) is 5.13 Å². The van der Waals surface area contributed by atoms with Crippen molar-refractivity contribution < 1.29 is 9.59 Å². The Bertz CT molecular complexity index is 903. The molecule has 3 rings (SSSR count). The van der Waals surface area contributed by atoms with E-state index in [4.69, 9.17) is 0 Å². The summed E-state index contributed by atoms with van der Waals surface area (Å²) < 4.78 is 0.893. The van der Waals surface area contributed by atoms with E-state index in [0.29, 0.717) is 21.8 Å². The Balaban J connectivity index is 1.91. The summed E-state index contributed by atoms with van der Waals surface area (Å²) in [7, 11) is 0. The molecule has 6 heteroatoms. The van der Waals surface area contributed by atoms with Gasteiger partial charge < -0.3 is 0 Å². The van der Waals surface area contributed by atoms with Crippen molar-refractivity contribution in [3.05, 3.63) is 80.8 Å². The van der Waals surface area contributed by atoms with Crippen LogP contribution in [0, 0.1) is 6.92 Å². The number of thiazole rings is 1. The van der Waals surface area contributed by atoms with Crippen molar-refractivity contribution in [2.45, 2.75) is 6.92 Å². The first-order valence-electron chi connectivity index (χ1n) is 7.17. The Morgan fingerprint density at radius 3 is 2.33 bits per heavy atom. The number of carbonyl (C=O) groups is 2. The minimum atomic E-state index is -0.342. The number of benzene rings is 2. The average molecular weight is 401 g/mol. The molecule has 0 aliphatic carbocycles. The van der Waals surface area contributed by atoms with Gasteiger partial charge in [-0.05, 0) is 37.3 Å². The number of nitrogens with zero attached hydrogens (tertiary/aromatic N) is 1. The minimum absolute atomic E-state index is 0.191. The molecule has 0 aliphatic rings. The molecule has 120 valence electrons. The molecule has 0 fully saturated rings. The lowest BCUT2D eigenvalue weighted by molar-refractivity contribution is 0.0996. The predicted molar refractivity (Wildman–Crippen MR) is 98.8 cm³/mol. The van der Waals surface area contributed by atoms with Crippen molar-refractivity contribution in [3.63, 3.8) is 0 Å². The molecule has 0 bridgehead atoms. The van der Waals surface area contributed by atoms with E-state index in [0.717, 1.165) is 10.2 Å². The largest absolute Gasteiger partial charge is 0.298 e. The lowest BCUT2D eigenvalue weighted by atomic mass is 9.98.